The Hall–Kier alpha value is -1.82. The third-order valence-electron chi connectivity index (χ3n) is 3.88. The summed E-state index contributed by atoms with van der Waals surface area (Å²) in [6.07, 6.45) is 0. The second-order valence-electron chi connectivity index (χ2n) is 6.00. The molecule has 0 saturated carbocycles. The first kappa shape index (κ1) is 22.5. The van der Waals surface area contributed by atoms with Gasteiger partial charge in [-0.25, -0.2) is 13.3 Å². The van der Waals surface area contributed by atoms with Crippen LogP contribution in [0.25, 0.3) is 0 Å². The van der Waals surface area contributed by atoms with Crippen LogP contribution in [0.4, 0.5) is 11.4 Å². The van der Waals surface area contributed by atoms with Gasteiger partial charge >= 0.3 is 0 Å². The van der Waals surface area contributed by atoms with Gasteiger partial charge in [-0.05, 0) is 48.5 Å². The Kier molecular flexibility index (Phi) is 9.03. The number of nitrogen functional groups attached to an aromatic ring is 2. The van der Waals surface area contributed by atoms with Crippen molar-refractivity contribution >= 4 is 33.3 Å². The van der Waals surface area contributed by atoms with Crippen LogP contribution in [0.15, 0.2) is 58.3 Å². The van der Waals surface area contributed by atoms with Crippen LogP contribution in [0, 0.1) is 0 Å². The Labute approximate surface area is 169 Å². The lowest BCUT2D eigenvalue weighted by molar-refractivity contribution is -0.193. The molecular weight excluding hydrogens is 402 g/mol. The van der Waals surface area contributed by atoms with Crippen molar-refractivity contribution in [2.45, 2.75) is 9.79 Å². The molecule has 0 aliphatic carbocycles. The van der Waals surface area contributed by atoms with Gasteiger partial charge in [0.2, 0.25) is 0 Å². The van der Waals surface area contributed by atoms with E-state index in [0.717, 1.165) is 16.9 Å². The number of hydrogen-bond donors (Lipinski definition) is 3. The third-order valence-corrected chi connectivity index (χ3v) is 6.22. The molecule has 0 aliphatic heterocycles. The number of aliphatic hydroxyl groups is 1. The summed E-state index contributed by atoms with van der Waals surface area (Å²) in [6, 6.07) is 13.2. The highest BCUT2D eigenvalue weighted by Gasteiger charge is 2.16. The minimum absolute atomic E-state index is 0.0715. The van der Waals surface area contributed by atoms with Gasteiger partial charge in [-0.1, -0.05) is 0 Å². The number of nitrogens with zero attached hydrogens (tertiary/aromatic N) is 1. The molecule has 10 heteroatoms. The summed E-state index contributed by atoms with van der Waals surface area (Å²) in [5.74, 6) is -0.0715. The molecule has 0 radical (unpaired) electrons. The first-order chi connectivity index (χ1) is 13.4. The first-order valence-corrected chi connectivity index (χ1v) is 11.0. The van der Waals surface area contributed by atoms with Crippen LogP contribution in [0.5, 0.6) is 0 Å². The predicted octanol–water partition coefficient (Wildman–Crippen LogP) is 1.57. The fourth-order valence-electron chi connectivity index (χ4n) is 2.31. The summed E-state index contributed by atoms with van der Waals surface area (Å²) < 4.78 is 29.9. The molecule has 0 spiro atoms. The van der Waals surface area contributed by atoms with Gasteiger partial charge in [-0.15, -0.1) is 0 Å². The zero-order valence-corrected chi connectivity index (χ0v) is 17.0. The van der Waals surface area contributed by atoms with Crippen LogP contribution in [0.3, 0.4) is 0 Å². The number of anilines is 2. The Bertz CT molecular complexity index is 814. The molecule has 0 aliphatic rings. The lowest BCUT2D eigenvalue weighted by Crippen LogP contribution is -2.34. The Morgan fingerprint density at radius 1 is 0.929 bits per heavy atom. The van der Waals surface area contributed by atoms with Gasteiger partial charge in [0, 0.05) is 35.9 Å². The minimum atomic E-state index is -3.43. The average molecular weight is 428 g/mol. The Balaban J connectivity index is 1.74. The first-order valence-electron chi connectivity index (χ1n) is 8.64. The van der Waals surface area contributed by atoms with Crippen LogP contribution in [-0.2, 0) is 19.1 Å². The highest BCUT2D eigenvalue weighted by molar-refractivity contribution is 7.94. The Morgan fingerprint density at radius 3 is 2.14 bits per heavy atom. The second kappa shape index (κ2) is 11.2. The fourth-order valence-corrected chi connectivity index (χ4v) is 4.03. The number of sulfone groups is 1. The molecule has 2 aromatic carbocycles. The topological polar surface area (TPSA) is 128 Å². The van der Waals surface area contributed by atoms with E-state index in [1.807, 2.05) is 12.1 Å². The minimum Gasteiger partial charge on any atom is -0.399 e. The van der Waals surface area contributed by atoms with E-state index >= 15 is 0 Å². The van der Waals surface area contributed by atoms with Crippen LogP contribution in [-0.4, -0.2) is 57.0 Å². The molecule has 0 heterocycles. The van der Waals surface area contributed by atoms with Crippen molar-refractivity contribution in [1.29, 1.82) is 0 Å². The van der Waals surface area contributed by atoms with Gasteiger partial charge in [0.1, 0.15) is 0 Å². The smallest absolute Gasteiger partial charge is 0.179 e. The van der Waals surface area contributed by atoms with Crippen molar-refractivity contribution in [2.75, 3.05) is 50.1 Å². The molecule has 28 heavy (non-hydrogen) atoms. The summed E-state index contributed by atoms with van der Waals surface area (Å²) in [5.41, 5.74) is 12.4. The molecule has 2 rings (SSSR count). The molecule has 0 aromatic heterocycles. The fraction of sp³-hybridized carbons (Fsp3) is 0.333. The van der Waals surface area contributed by atoms with E-state index in [9.17, 15) is 13.5 Å². The number of benzene rings is 2. The highest BCUT2D eigenvalue weighted by Crippen LogP contribution is 2.20. The monoisotopic (exact) mass is 427 g/mol. The molecule has 0 amide bonds. The maximum absolute atomic E-state index is 12.4. The number of nitrogens with two attached hydrogens (primary N) is 2. The van der Waals surface area contributed by atoms with Crippen LogP contribution in [0.2, 0.25) is 0 Å². The van der Waals surface area contributed by atoms with E-state index in [0.29, 0.717) is 24.5 Å². The lowest BCUT2D eigenvalue weighted by atomic mass is 10.3. The molecule has 0 unspecified atom stereocenters. The average Bonchev–Trinajstić information content (AvgIpc) is 2.67. The maximum atomic E-state index is 12.4. The zero-order valence-electron chi connectivity index (χ0n) is 15.4. The number of aliphatic hydroxyl groups excluding tert-OH is 1. The predicted molar refractivity (Wildman–Crippen MR) is 110 cm³/mol. The molecule has 154 valence electrons. The van der Waals surface area contributed by atoms with E-state index in [4.69, 9.17) is 20.7 Å². The van der Waals surface area contributed by atoms with Crippen molar-refractivity contribution < 1.29 is 22.7 Å². The number of hydrogen-bond acceptors (Lipinski definition) is 9. The standard InChI is InChI=1S/C18H25N3O5S2/c19-15-1-5-17(6-2-15)27-26-25-13-10-21(9-12-22)11-14-28(23,24)18-7-3-16(20)4-8-18/h1-8,22H,9-14,19-20H2. The van der Waals surface area contributed by atoms with E-state index in [1.165, 1.54) is 12.1 Å². The molecular formula is C18H25N3O5S2. The quantitative estimate of drug-likeness (QED) is 0.152. The lowest BCUT2D eigenvalue weighted by Gasteiger charge is -2.20. The van der Waals surface area contributed by atoms with E-state index in [1.54, 1.807) is 29.2 Å². The largest absolute Gasteiger partial charge is 0.399 e. The van der Waals surface area contributed by atoms with Crippen LogP contribution < -0.4 is 11.5 Å². The molecule has 0 fully saturated rings. The van der Waals surface area contributed by atoms with Crippen molar-refractivity contribution in [3.05, 3.63) is 48.5 Å². The summed E-state index contributed by atoms with van der Waals surface area (Å²) in [6.45, 7) is 1.17. The normalized spacial score (nSPS) is 11.8. The van der Waals surface area contributed by atoms with Gasteiger partial charge in [0.15, 0.2) is 9.84 Å². The van der Waals surface area contributed by atoms with Gasteiger partial charge in [-0.2, -0.15) is 4.33 Å². The molecule has 0 atom stereocenters. The highest BCUT2D eigenvalue weighted by atomic mass is 32.2. The van der Waals surface area contributed by atoms with Gasteiger partial charge in [0.05, 0.1) is 35.9 Å². The molecule has 8 nitrogen and oxygen atoms in total. The molecule has 0 saturated heterocycles. The summed E-state index contributed by atoms with van der Waals surface area (Å²) in [4.78, 5) is 7.99. The molecule has 2 aromatic rings. The SMILES string of the molecule is Nc1ccc(SOOCCN(CCO)CCS(=O)(=O)c2ccc(N)cc2)cc1. The summed E-state index contributed by atoms with van der Waals surface area (Å²) in [5, 5.41) is 9.20. The van der Waals surface area contributed by atoms with Gasteiger partial charge < -0.3 is 16.6 Å². The van der Waals surface area contributed by atoms with Crippen LogP contribution >= 0.6 is 12.0 Å². The van der Waals surface area contributed by atoms with Crippen molar-refractivity contribution in [2.24, 2.45) is 0 Å². The maximum Gasteiger partial charge on any atom is 0.179 e. The summed E-state index contributed by atoms with van der Waals surface area (Å²) in [7, 11) is -3.43. The number of rotatable bonds is 12. The second-order valence-corrected chi connectivity index (χ2v) is 8.88. The van der Waals surface area contributed by atoms with Crippen molar-refractivity contribution in [3.63, 3.8) is 0 Å². The molecule has 5 N–H and O–H groups in total. The van der Waals surface area contributed by atoms with Crippen LogP contribution in [0.1, 0.15) is 0 Å². The van der Waals surface area contributed by atoms with Crippen molar-refractivity contribution in [1.82, 2.24) is 4.90 Å². The Morgan fingerprint density at radius 2 is 1.54 bits per heavy atom. The van der Waals surface area contributed by atoms with Gasteiger partial charge in [0.25, 0.3) is 0 Å². The third kappa shape index (κ3) is 7.66. The van der Waals surface area contributed by atoms with E-state index in [-0.39, 0.29) is 30.4 Å². The van der Waals surface area contributed by atoms with E-state index < -0.39 is 9.84 Å². The summed E-state index contributed by atoms with van der Waals surface area (Å²) >= 11 is 1.06. The zero-order chi connectivity index (χ0) is 20.4. The van der Waals surface area contributed by atoms with E-state index in [2.05, 4.69) is 0 Å². The van der Waals surface area contributed by atoms with Gasteiger partial charge in [-0.3, -0.25) is 4.90 Å². The van der Waals surface area contributed by atoms with Crippen molar-refractivity contribution in [3.8, 4) is 0 Å². The molecule has 0 bridgehead atoms.